The number of aliphatic carboxylic acids is 1. The first-order chi connectivity index (χ1) is 7.95. The van der Waals surface area contributed by atoms with Crippen LogP contribution in [-0.4, -0.2) is 17.7 Å². The summed E-state index contributed by atoms with van der Waals surface area (Å²) in [7, 11) is 0. The highest BCUT2D eigenvalue weighted by Gasteiger charge is 2.18. The number of ether oxygens (including phenoxy) is 1. The van der Waals surface area contributed by atoms with Crippen molar-refractivity contribution in [2.24, 2.45) is 0 Å². The molecule has 4 nitrogen and oxygen atoms in total. The Morgan fingerprint density at radius 1 is 1.59 bits per heavy atom. The molecule has 0 heterocycles. The fourth-order valence-corrected chi connectivity index (χ4v) is 1.81. The van der Waals surface area contributed by atoms with Gasteiger partial charge in [0.25, 0.3) is 0 Å². The van der Waals surface area contributed by atoms with E-state index in [0.29, 0.717) is 3.57 Å². The summed E-state index contributed by atoms with van der Waals surface area (Å²) in [5.41, 5.74) is -0.0179. The zero-order valence-electron chi connectivity index (χ0n) is 8.28. The molecule has 0 fully saturated rings. The molecular weight excluding hydrogens is 347 g/mol. The molecular formula is C10H6F2INO3. The average Bonchev–Trinajstić information content (AvgIpc) is 2.22. The van der Waals surface area contributed by atoms with Crippen LogP contribution in [0, 0.1) is 14.9 Å². The summed E-state index contributed by atoms with van der Waals surface area (Å²) >= 11 is 1.74. The second-order valence-electron chi connectivity index (χ2n) is 2.97. The Bertz CT molecular complexity index is 485. The monoisotopic (exact) mass is 353 g/mol. The van der Waals surface area contributed by atoms with Gasteiger partial charge in [0.05, 0.1) is 15.6 Å². The molecule has 0 radical (unpaired) electrons. The van der Waals surface area contributed by atoms with Gasteiger partial charge in [-0.25, -0.2) is 0 Å². The third-order valence-corrected chi connectivity index (χ3v) is 2.71. The van der Waals surface area contributed by atoms with E-state index < -0.39 is 19.0 Å². The third kappa shape index (κ3) is 3.52. The van der Waals surface area contributed by atoms with Gasteiger partial charge in [-0.3, -0.25) is 4.79 Å². The van der Waals surface area contributed by atoms with Crippen LogP contribution in [0.5, 0.6) is 5.75 Å². The minimum absolute atomic E-state index is 0.149. The van der Waals surface area contributed by atoms with Crippen LogP contribution in [0.1, 0.15) is 11.1 Å². The third-order valence-electron chi connectivity index (χ3n) is 1.86. The molecule has 1 aromatic rings. The lowest BCUT2D eigenvalue weighted by atomic mass is 10.0. The molecule has 7 heteroatoms. The zero-order valence-corrected chi connectivity index (χ0v) is 10.4. The summed E-state index contributed by atoms with van der Waals surface area (Å²) in [6, 6.07) is 4.53. The normalized spacial score (nSPS) is 10.1. The topological polar surface area (TPSA) is 70.3 Å². The molecule has 0 saturated carbocycles. The number of carboxylic acids is 1. The van der Waals surface area contributed by atoms with Gasteiger partial charge in [0.1, 0.15) is 6.07 Å². The summed E-state index contributed by atoms with van der Waals surface area (Å²) in [6.45, 7) is -3.06. The van der Waals surface area contributed by atoms with Gasteiger partial charge in [0.2, 0.25) is 0 Å². The molecule has 0 spiro atoms. The maximum atomic E-state index is 12.2. The Hall–Kier alpha value is -1.43. The summed E-state index contributed by atoms with van der Waals surface area (Å²) in [4.78, 5) is 10.6. The van der Waals surface area contributed by atoms with Crippen LogP contribution in [0.3, 0.4) is 0 Å². The van der Waals surface area contributed by atoms with Crippen molar-refractivity contribution >= 4 is 28.6 Å². The predicted octanol–water partition coefficient (Wildman–Crippen LogP) is 2.39. The van der Waals surface area contributed by atoms with Gasteiger partial charge < -0.3 is 9.84 Å². The predicted molar refractivity (Wildman–Crippen MR) is 61.8 cm³/mol. The highest BCUT2D eigenvalue weighted by atomic mass is 127. The molecule has 90 valence electrons. The fraction of sp³-hybridized carbons (Fsp3) is 0.200. The number of alkyl halides is 2. The van der Waals surface area contributed by atoms with Crippen LogP contribution in [0.2, 0.25) is 0 Å². The van der Waals surface area contributed by atoms with E-state index in [2.05, 4.69) is 4.74 Å². The van der Waals surface area contributed by atoms with Crippen LogP contribution in [0.4, 0.5) is 8.78 Å². The molecule has 0 atom stereocenters. The Morgan fingerprint density at radius 2 is 2.24 bits per heavy atom. The van der Waals surface area contributed by atoms with E-state index in [0.717, 1.165) is 0 Å². The number of hydrogen-bond acceptors (Lipinski definition) is 3. The van der Waals surface area contributed by atoms with Crippen LogP contribution >= 0.6 is 22.6 Å². The number of carboxylic acid groups (broad SMARTS) is 1. The van der Waals surface area contributed by atoms with Crippen molar-refractivity contribution in [2.45, 2.75) is 13.0 Å². The zero-order chi connectivity index (χ0) is 13.0. The molecule has 0 aliphatic carbocycles. The smallest absolute Gasteiger partial charge is 0.387 e. The molecule has 0 aliphatic rings. The molecule has 0 saturated heterocycles. The van der Waals surface area contributed by atoms with Crippen molar-refractivity contribution in [2.75, 3.05) is 0 Å². The Kier molecular flexibility index (Phi) is 4.62. The molecule has 1 N–H and O–H groups in total. The van der Waals surface area contributed by atoms with Crippen molar-refractivity contribution < 1.29 is 23.4 Å². The Morgan fingerprint density at radius 3 is 2.71 bits per heavy atom. The first kappa shape index (κ1) is 13.6. The number of hydrogen-bond donors (Lipinski definition) is 1. The van der Waals surface area contributed by atoms with Crippen LogP contribution < -0.4 is 4.74 Å². The maximum Gasteiger partial charge on any atom is 0.387 e. The second kappa shape index (κ2) is 5.77. The van der Waals surface area contributed by atoms with E-state index in [-0.39, 0.29) is 16.9 Å². The van der Waals surface area contributed by atoms with Crippen molar-refractivity contribution in [1.82, 2.24) is 0 Å². The highest BCUT2D eigenvalue weighted by Crippen LogP contribution is 2.29. The summed E-state index contributed by atoms with van der Waals surface area (Å²) in [5.74, 6) is -1.42. The van der Waals surface area contributed by atoms with Gasteiger partial charge in [0.15, 0.2) is 5.75 Å². The number of benzene rings is 1. The maximum absolute atomic E-state index is 12.2. The lowest BCUT2D eigenvalue weighted by Gasteiger charge is -2.11. The Labute approximate surface area is 109 Å². The summed E-state index contributed by atoms with van der Waals surface area (Å²) < 4.78 is 28.9. The van der Waals surface area contributed by atoms with Crippen LogP contribution in [-0.2, 0) is 11.2 Å². The van der Waals surface area contributed by atoms with Gasteiger partial charge in [-0.1, -0.05) is 6.07 Å². The van der Waals surface area contributed by atoms with Crippen molar-refractivity contribution in [3.63, 3.8) is 0 Å². The van der Waals surface area contributed by atoms with E-state index in [1.54, 1.807) is 28.7 Å². The highest BCUT2D eigenvalue weighted by molar-refractivity contribution is 14.1. The van der Waals surface area contributed by atoms with E-state index in [9.17, 15) is 13.6 Å². The van der Waals surface area contributed by atoms with Crippen LogP contribution in [0.25, 0.3) is 0 Å². The fourth-order valence-electron chi connectivity index (χ4n) is 1.24. The van der Waals surface area contributed by atoms with Crippen molar-refractivity contribution in [3.8, 4) is 11.8 Å². The summed E-state index contributed by atoms with van der Waals surface area (Å²) in [6.07, 6.45) is -0.417. The summed E-state index contributed by atoms with van der Waals surface area (Å²) in [5, 5.41) is 17.5. The van der Waals surface area contributed by atoms with Gasteiger partial charge in [-0.15, -0.1) is 0 Å². The van der Waals surface area contributed by atoms with Gasteiger partial charge >= 0.3 is 12.6 Å². The lowest BCUT2D eigenvalue weighted by Crippen LogP contribution is -2.09. The molecule has 0 unspecified atom stereocenters. The Balaban J connectivity index is 3.27. The minimum atomic E-state index is -3.06. The molecule has 0 amide bonds. The molecule has 0 bridgehead atoms. The van der Waals surface area contributed by atoms with E-state index in [4.69, 9.17) is 10.4 Å². The largest absolute Gasteiger partial charge is 0.481 e. The number of carbonyl (C=O) groups is 1. The minimum Gasteiger partial charge on any atom is -0.481 e. The molecule has 0 aliphatic heterocycles. The van der Waals surface area contributed by atoms with Crippen molar-refractivity contribution in [3.05, 3.63) is 26.8 Å². The molecule has 0 aromatic heterocycles. The quantitative estimate of drug-likeness (QED) is 0.844. The number of nitrogens with zero attached hydrogens (tertiary/aromatic N) is 1. The van der Waals surface area contributed by atoms with Gasteiger partial charge in [0, 0.05) is 0 Å². The molecule has 1 rings (SSSR count). The van der Waals surface area contributed by atoms with E-state index in [1.165, 1.54) is 12.1 Å². The number of rotatable bonds is 4. The lowest BCUT2D eigenvalue weighted by molar-refractivity contribution is -0.136. The standard InChI is InChI=1S/C10H6F2INO3/c11-10(12)17-9-6(4-14)5(3-8(15)16)1-2-7(9)13/h1-2,10H,3H2,(H,15,16). The molecule has 17 heavy (non-hydrogen) atoms. The SMILES string of the molecule is N#Cc1c(CC(=O)O)ccc(I)c1OC(F)F. The van der Waals surface area contributed by atoms with E-state index >= 15 is 0 Å². The van der Waals surface area contributed by atoms with Crippen molar-refractivity contribution in [1.29, 1.82) is 5.26 Å². The number of nitriles is 1. The van der Waals surface area contributed by atoms with E-state index in [1.807, 2.05) is 0 Å². The van der Waals surface area contributed by atoms with Gasteiger partial charge in [-0.05, 0) is 34.2 Å². The molecule has 1 aromatic carbocycles. The van der Waals surface area contributed by atoms with Crippen LogP contribution in [0.15, 0.2) is 12.1 Å². The number of halogens is 3. The van der Waals surface area contributed by atoms with Gasteiger partial charge in [-0.2, -0.15) is 14.0 Å². The first-order valence-corrected chi connectivity index (χ1v) is 5.41. The first-order valence-electron chi connectivity index (χ1n) is 4.33. The second-order valence-corrected chi connectivity index (χ2v) is 4.13. The average molecular weight is 353 g/mol.